The highest BCUT2D eigenvalue weighted by atomic mass is 16.6. The standard InChI is InChI=1S/C14H16N2O8/c1-7(17)15(9-5-11(19)23-13(9)21)3-4-16(8(2)18)10-6-12(20)24-14(10)22/h9-10H,3-6H2,1-2H3. The van der Waals surface area contributed by atoms with Crippen molar-refractivity contribution in [2.24, 2.45) is 0 Å². The minimum Gasteiger partial charge on any atom is -0.392 e. The molecule has 2 heterocycles. The molecule has 2 unspecified atom stereocenters. The van der Waals surface area contributed by atoms with Crippen molar-refractivity contribution in [1.29, 1.82) is 0 Å². The van der Waals surface area contributed by atoms with E-state index in [1.54, 1.807) is 0 Å². The van der Waals surface area contributed by atoms with Crippen LogP contribution in [-0.2, 0) is 38.2 Å². The van der Waals surface area contributed by atoms with Gasteiger partial charge in [-0.3, -0.25) is 19.2 Å². The summed E-state index contributed by atoms with van der Waals surface area (Å²) in [6, 6.07) is -2.11. The Labute approximate surface area is 136 Å². The molecule has 24 heavy (non-hydrogen) atoms. The number of nitrogens with zero attached hydrogens (tertiary/aromatic N) is 2. The van der Waals surface area contributed by atoms with Gasteiger partial charge < -0.3 is 19.3 Å². The number of amides is 2. The summed E-state index contributed by atoms with van der Waals surface area (Å²) in [4.78, 5) is 71.3. The molecule has 0 radical (unpaired) electrons. The van der Waals surface area contributed by atoms with E-state index in [1.165, 1.54) is 13.8 Å². The Kier molecular flexibility index (Phi) is 4.96. The van der Waals surface area contributed by atoms with Crippen LogP contribution >= 0.6 is 0 Å². The van der Waals surface area contributed by atoms with E-state index in [0.29, 0.717) is 0 Å². The third-order valence-corrected chi connectivity index (χ3v) is 3.84. The summed E-state index contributed by atoms with van der Waals surface area (Å²) in [5.41, 5.74) is 0. The van der Waals surface area contributed by atoms with Gasteiger partial charge in [-0.25, -0.2) is 9.59 Å². The average Bonchev–Trinajstić information content (AvgIpc) is 2.95. The van der Waals surface area contributed by atoms with Gasteiger partial charge in [0.25, 0.3) is 0 Å². The summed E-state index contributed by atoms with van der Waals surface area (Å²) in [5.74, 6) is -4.10. The van der Waals surface area contributed by atoms with E-state index in [-0.39, 0.29) is 25.9 Å². The van der Waals surface area contributed by atoms with E-state index < -0.39 is 47.8 Å². The van der Waals surface area contributed by atoms with E-state index in [9.17, 15) is 28.8 Å². The SMILES string of the molecule is CC(=O)N(CCN(C(C)=O)C1CC(=O)OC1=O)C1CC(=O)OC1=O. The Morgan fingerprint density at radius 2 is 1.17 bits per heavy atom. The molecule has 0 aromatic heterocycles. The number of carbonyl (C=O) groups excluding carboxylic acids is 6. The zero-order valence-electron chi connectivity index (χ0n) is 13.1. The summed E-state index contributed by atoms with van der Waals surface area (Å²) in [5, 5.41) is 0. The summed E-state index contributed by atoms with van der Waals surface area (Å²) in [7, 11) is 0. The maximum atomic E-state index is 11.8. The Morgan fingerprint density at radius 1 is 0.833 bits per heavy atom. The molecule has 2 aliphatic rings. The van der Waals surface area contributed by atoms with E-state index in [4.69, 9.17) is 0 Å². The van der Waals surface area contributed by atoms with Crippen LogP contribution in [0.25, 0.3) is 0 Å². The van der Waals surface area contributed by atoms with Crippen molar-refractivity contribution in [3.05, 3.63) is 0 Å². The van der Waals surface area contributed by atoms with Crippen LogP contribution in [0.3, 0.4) is 0 Å². The van der Waals surface area contributed by atoms with Crippen molar-refractivity contribution in [1.82, 2.24) is 9.80 Å². The quantitative estimate of drug-likeness (QED) is 0.431. The summed E-state index contributed by atoms with van der Waals surface area (Å²) in [6.45, 7) is 2.23. The topological polar surface area (TPSA) is 127 Å². The lowest BCUT2D eigenvalue weighted by molar-refractivity contribution is -0.157. The zero-order valence-corrected chi connectivity index (χ0v) is 13.1. The fraction of sp³-hybridized carbons (Fsp3) is 0.571. The number of hydrogen-bond donors (Lipinski definition) is 0. The number of esters is 4. The molecular formula is C14H16N2O8. The van der Waals surface area contributed by atoms with Crippen LogP contribution in [0.4, 0.5) is 0 Å². The molecule has 0 aromatic rings. The second-order valence-electron chi connectivity index (χ2n) is 5.45. The summed E-state index contributed by atoms with van der Waals surface area (Å²) >= 11 is 0. The van der Waals surface area contributed by atoms with Crippen LogP contribution in [0.1, 0.15) is 26.7 Å². The normalized spacial score (nSPS) is 23.1. The Hall–Kier alpha value is -2.78. The monoisotopic (exact) mass is 340 g/mol. The van der Waals surface area contributed by atoms with Gasteiger partial charge in [0, 0.05) is 26.9 Å². The van der Waals surface area contributed by atoms with Crippen molar-refractivity contribution in [3.8, 4) is 0 Å². The maximum absolute atomic E-state index is 11.8. The number of hydrogen-bond acceptors (Lipinski definition) is 8. The fourth-order valence-corrected chi connectivity index (χ4v) is 2.68. The fourth-order valence-electron chi connectivity index (χ4n) is 2.68. The molecule has 10 heteroatoms. The number of ether oxygens (including phenoxy) is 2. The van der Waals surface area contributed by atoms with Gasteiger partial charge in [0.15, 0.2) is 0 Å². The van der Waals surface area contributed by atoms with Crippen molar-refractivity contribution in [2.75, 3.05) is 13.1 Å². The third-order valence-electron chi connectivity index (χ3n) is 3.84. The van der Waals surface area contributed by atoms with Crippen molar-refractivity contribution >= 4 is 35.7 Å². The zero-order chi connectivity index (χ0) is 18.0. The van der Waals surface area contributed by atoms with Crippen LogP contribution < -0.4 is 0 Å². The predicted octanol–water partition coefficient (Wildman–Crippen LogP) is -1.63. The van der Waals surface area contributed by atoms with Gasteiger partial charge in [0.2, 0.25) is 11.8 Å². The summed E-state index contributed by atoms with van der Waals surface area (Å²) < 4.78 is 8.84. The molecule has 0 aliphatic carbocycles. The second kappa shape index (κ2) is 6.77. The molecular weight excluding hydrogens is 324 g/mol. The predicted molar refractivity (Wildman–Crippen MR) is 73.8 cm³/mol. The minimum atomic E-state index is -1.05. The van der Waals surface area contributed by atoms with Crippen LogP contribution in [0.5, 0.6) is 0 Å². The van der Waals surface area contributed by atoms with Gasteiger partial charge in [0.05, 0.1) is 12.8 Å². The Bertz CT molecular complexity index is 574. The van der Waals surface area contributed by atoms with Gasteiger partial charge >= 0.3 is 23.9 Å². The van der Waals surface area contributed by atoms with E-state index in [1.807, 2.05) is 0 Å². The molecule has 2 atom stereocenters. The smallest absolute Gasteiger partial charge is 0.337 e. The molecule has 2 amide bonds. The first-order valence-corrected chi connectivity index (χ1v) is 7.24. The average molecular weight is 340 g/mol. The molecule has 2 rings (SSSR count). The molecule has 0 bridgehead atoms. The minimum absolute atomic E-state index is 0.0973. The van der Waals surface area contributed by atoms with Gasteiger partial charge in [-0.15, -0.1) is 0 Å². The largest absolute Gasteiger partial charge is 0.392 e. The lowest BCUT2D eigenvalue weighted by atomic mass is 10.1. The first-order valence-electron chi connectivity index (χ1n) is 7.24. The highest BCUT2D eigenvalue weighted by Gasteiger charge is 2.42. The molecule has 0 aromatic carbocycles. The molecule has 0 saturated carbocycles. The Balaban J connectivity index is 2.09. The van der Waals surface area contributed by atoms with Crippen molar-refractivity contribution in [3.63, 3.8) is 0 Å². The number of carbonyl (C=O) groups is 6. The molecule has 10 nitrogen and oxygen atoms in total. The number of cyclic esters (lactones) is 4. The summed E-state index contributed by atoms with van der Waals surface area (Å²) in [6.07, 6.45) is -0.523. The van der Waals surface area contributed by atoms with Crippen molar-refractivity contribution in [2.45, 2.75) is 38.8 Å². The molecule has 0 spiro atoms. The lowest BCUT2D eigenvalue weighted by Crippen LogP contribution is -2.49. The van der Waals surface area contributed by atoms with E-state index >= 15 is 0 Å². The van der Waals surface area contributed by atoms with E-state index in [0.717, 1.165) is 9.80 Å². The highest BCUT2D eigenvalue weighted by Crippen LogP contribution is 2.18. The number of rotatable bonds is 5. The highest BCUT2D eigenvalue weighted by molar-refractivity contribution is 5.99. The molecule has 2 aliphatic heterocycles. The molecule has 2 fully saturated rings. The van der Waals surface area contributed by atoms with Crippen LogP contribution in [0.15, 0.2) is 0 Å². The van der Waals surface area contributed by atoms with Crippen molar-refractivity contribution < 1.29 is 38.2 Å². The van der Waals surface area contributed by atoms with Gasteiger partial charge in [-0.05, 0) is 0 Å². The van der Waals surface area contributed by atoms with Gasteiger partial charge in [-0.2, -0.15) is 0 Å². The van der Waals surface area contributed by atoms with Crippen LogP contribution in [0.2, 0.25) is 0 Å². The van der Waals surface area contributed by atoms with E-state index in [2.05, 4.69) is 9.47 Å². The lowest BCUT2D eigenvalue weighted by Gasteiger charge is -2.30. The second-order valence-corrected chi connectivity index (χ2v) is 5.45. The van der Waals surface area contributed by atoms with Crippen LogP contribution in [-0.4, -0.2) is 70.7 Å². The molecule has 2 saturated heterocycles. The molecule has 0 N–H and O–H groups in total. The first-order chi connectivity index (χ1) is 11.2. The first kappa shape index (κ1) is 17.6. The van der Waals surface area contributed by atoms with Crippen LogP contribution in [0, 0.1) is 0 Å². The van der Waals surface area contributed by atoms with Gasteiger partial charge in [-0.1, -0.05) is 0 Å². The maximum Gasteiger partial charge on any atom is 0.337 e. The Morgan fingerprint density at radius 3 is 1.38 bits per heavy atom. The molecule has 130 valence electrons. The van der Waals surface area contributed by atoms with Gasteiger partial charge in [0.1, 0.15) is 12.1 Å². The third kappa shape index (κ3) is 3.58.